The summed E-state index contributed by atoms with van der Waals surface area (Å²) in [6.45, 7) is 0. The highest BCUT2D eigenvalue weighted by atomic mass is 35.5. The van der Waals surface area contributed by atoms with E-state index in [-0.39, 0.29) is 22.5 Å². The van der Waals surface area contributed by atoms with Crippen molar-refractivity contribution in [2.75, 3.05) is 10.6 Å². The Bertz CT molecular complexity index is 1220. The molecular weight excluding hydrogens is 503 g/mol. The molecule has 1 aliphatic rings. The van der Waals surface area contributed by atoms with E-state index in [1.807, 2.05) is 12.1 Å². The number of nitrogens with zero attached hydrogens (tertiary/aromatic N) is 1. The van der Waals surface area contributed by atoms with Crippen molar-refractivity contribution in [1.29, 1.82) is 0 Å². The second kappa shape index (κ2) is 10.2. The normalized spacial score (nSPS) is 18.2. The number of anilines is 2. The number of nitrogens with one attached hydrogen (secondary N) is 2. The first-order valence-electron chi connectivity index (χ1n) is 10.8. The summed E-state index contributed by atoms with van der Waals surface area (Å²) in [5.41, 5.74) is 0.572. The Balaban J connectivity index is 1.35. The van der Waals surface area contributed by atoms with Crippen LogP contribution in [0.2, 0.25) is 5.02 Å². The highest BCUT2D eigenvalue weighted by Crippen LogP contribution is 2.39. The number of carboxylic acids is 1. The molecule has 6 nitrogen and oxygen atoms in total. The Kier molecular flexibility index (Phi) is 7.32. The molecule has 3 aromatic rings. The molecular formula is C24H21ClF3N3O3S. The van der Waals surface area contributed by atoms with E-state index in [1.54, 1.807) is 29.7 Å². The van der Waals surface area contributed by atoms with E-state index in [9.17, 15) is 22.8 Å². The fourth-order valence-electron chi connectivity index (χ4n) is 3.99. The first kappa shape index (κ1) is 25.0. The van der Waals surface area contributed by atoms with Crippen LogP contribution in [0.4, 0.5) is 29.3 Å². The Labute approximate surface area is 208 Å². The minimum Gasteiger partial charge on any atom is -0.481 e. The number of carbonyl (C=O) groups is 2. The lowest BCUT2D eigenvalue weighted by Gasteiger charge is -2.24. The standard InChI is InChI=1S/C24H21ClF3N3O3S/c25-18-11-16(24(26,27)28)7-10-19(18)31-23(34)30-17-8-5-13(6-9-17)20-12-29-21(35-20)14-1-3-15(4-2-14)22(32)33/h5-12,14-15H,1-4H2,(H,32,33)(H2,30,31,34). The van der Waals surface area contributed by atoms with Gasteiger partial charge in [0.05, 0.1) is 32.1 Å². The highest BCUT2D eigenvalue weighted by molar-refractivity contribution is 7.15. The first-order valence-corrected chi connectivity index (χ1v) is 12.0. The van der Waals surface area contributed by atoms with Gasteiger partial charge in [0.1, 0.15) is 0 Å². The van der Waals surface area contributed by atoms with Crippen LogP contribution in [0.15, 0.2) is 48.7 Å². The topological polar surface area (TPSA) is 91.3 Å². The molecule has 1 heterocycles. The van der Waals surface area contributed by atoms with Crippen LogP contribution >= 0.6 is 22.9 Å². The van der Waals surface area contributed by atoms with Crippen LogP contribution in [0.1, 0.15) is 42.2 Å². The van der Waals surface area contributed by atoms with Gasteiger partial charge < -0.3 is 15.7 Å². The molecule has 11 heteroatoms. The van der Waals surface area contributed by atoms with E-state index in [0.717, 1.165) is 46.5 Å². The molecule has 184 valence electrons. The van der Waals surface area contributed by atoms with Crippen LogP contribution in [-0.4, -0.2) is 22.1 Å². The molecule has 35 heavy (non-hydrogen) atoms. The molecule has 1 aliphatic carbocycles. The number of hydrogen-bond donors (Lipinski definition) is 3. The molecule has 0 spiro atoms. The number of halogens is 4. The molecule has 0 saturated heterocycles. The molecule has 4 rings (SSSR count). The van der Waals surface area contributed by atoms with E-state index >= 15 is 0 Å². The average Bonchev–Trinajstić information content (AvgIpc) is 3.30. The molecule has 1 aromatic heterocycles. The van der Waals surface area contributed by atoms with Crippen molar-refractivity contribution >= 4 is 46.3 Å². The monoisotopic (exact) mass is 523 g/mol. The zero-order chi connectivity index (χ0) is 25.2. The third kappa shape index (κ3) is 6.12. The van der Waals surface area contributed by atoms with Gasteiger partial charge in [-0.15, -0.1) is 11.3 Å². The zero-order valence-electron chi connectivity index (χ0n) is 18.2. The van der Waals surface area contributed by atoms with Gasteiger partial charge in [0.15, 0.2) is 0 Å². The molecule has 3 N–H and O–H groups in total. The predicted octanol–water partition coefficient (Wildman–Crippen LogP) is 7.48. The van der Waals surface area contributed by atoms with E-state index in [1.165, 1.54) is 0 Å². The van der Waals surface area contributed by atoms with Crippen molar-refractivity contribution in [3.8, 4) is 10.4 Å². The number of hydrogen-bond acceptors (Lipinski definition) is 4. The van der Waals surface area contributed by atoms with Crippen molar-refractivity contribution < 1.29 is 27.9 Å². The van der Waals surface area contributed by atoms with Gasteiger partial charge in [0.2, 0.25) is 0 Å². The van der Waals surface area contributed by atoms with Gasteiger partial charge in [-0.2, -0.15) is 13.2 Å². The molecule has 0 atom stereocenters. The van der Waals surface area contributed by atoms with Crippen molar-refractivity contribution in [3.05, 3.63) is 64.3 Å². The van der Waals surface area contributed by atoms with E-state index in [2.05, 4.69) is 15.6 Å². The fraction of sp³-hybridized carbons (Fsp3) is 0.292. The number of benzene rings is 2. The molecule has 0 unspecified atom stereocenters. The van der Waals surface area contributed by atoms with Crippen molar-refractivity contribution in [2.45, 2.75) is 37.8 Å². The van der Waals surface area contributed by atoms with Gasteiger partial charge >= 0.3 is 18.2 Å². The van der Waals surface area contributed by atoms with E-state index in [0.29, 0.717) is 18.5 Å². The average molecular weight is 524 g/mol. The Morgan fingerprint density at radius 2 is 1.71 bits per heavy atom. The lowest BCUT2D eigenvalue weighted by molar-refractivity contribution is -0.143. The Hall–Kier alpha value is -3.11. The Morgan fingerprint density at radius 3 is 2.31 bits per heavy atom. The van der Waals surface area contributed by atoms with Crippen LogP contribution in [-0.2, 0) is 11.0 Å². The molecule has 0 aliphatic heterocycles. The molecule has 1 saturated carbocycles. The summed E-state index contributed by atoms with van der Waals surface area (Å²) in [5, 5.41) is 15.0. The van der Waals surface area contributed by atoms with Gasteiger partial charge in [0.25, 0.3) is 0 Å². The quantitative estimate of drug-likeness (QED) is 0.323. The summed E-state index contributed by atoms with van der Waals surface area (Å²) >= 11 is 7.45. The van der Waals surface area contributed by atoms with Crippen LogP contribution in [0.3, 0.4) is 0 Å². The molecule has 1 fully saturated rings. The van der Waals surface area contributed by atoms with Crippen molar-refractivity contribution in [1.82, 2.24) is 4.98 Å². The van der Waals surface area contributed by atoms with Crippen molar-refractivity contribution in [3.63, 3.8) is 0 Å². The van der Waals surface area contributed by atoms with Crippen LogP contribution in [0.5, 0.6) is 0 Å². The van der Waals surface area contributed by atoms with Gasteiger partial charge in [-0.3, -0.25) is 4.79 Å². The molecule has 2 amide bonds. The molecule has 0 bridgehead atoms. The minimum atomic E-state index is -4.52. The number of carboxylic acid groups (broad SMARTS) is 1. The van der Waals surface area contributed by atoms with Crippen LogP contribution in [0, 0.1) is 5.92 Å². The number of rotatable bonds is 5. The van der Waals surface area contributed by atoms with Crippen molar-refractivity contribution in [2.24, 2.45) is 5.92 Å². The second-order valence-electron chi connectivity index (χ2n) is 8.30. The highest BCUT2D eigenvalue weighted by Gasteiger charge is 2.31. The summed E-state index contributed by atoms with van der Waals surface area (Å²) in [4.78, 5) is 28.9. The van der Waals surface area contributed by atoms with Crippen LogP contribution < -0.4 is 10.6 Å². The van der Waals surface area contributed by atoms with Crippen LogP contribution in [0.25, 0.3) is 10.4 Å². The Morgan fingerprint density at radius 1 is 1.03 bits per heavy atom. The lowest BCUT2D eigenvalue weighted by Crippen LogP contribution is -2.20. The maximum Gasteiger partial charge on any atom is 0.416 e. The number of aromatic nitrogens is 1. The molecule has 0 radical (unpaired) electrons. The van der Waals surface area contributed by atoms with E-state index < -0.39 is 23.7 Å². The number of amides is 2. The number of carbonyl (C=O) groups excluding carboxylic acids is 1. The van der Waals surface area contributed by atoms with Gasteiger partial charge in [-0.25, -0.2) is 9.78 Å². The maximum absolute atomic E-state index is 12.8. The summed E-state index contributed by atoms with van der Waals surface area (Å²) in [7, 11) is 0. The van der Waals surface area contributed by atoms with Gasteiger partial charge in [-0.05, 0) is 61.6 Å². The third-order valence-electron chi connectivity index (χ3n) is 5.92. The number of urea groups is 1. The summed E-state index contributed by atoms with van der Waals surface area (Å²) in [6.07, 6.45) is 0.218. The predicted molar refractivity (Wildman–Crippen MR) is 129 cm³/mol. The van der Waals surface area contributed by atoms with Gasteiger partial charge in [0, 0.05) is 17.8 Å². The number of thiazole rings is 1. The smallest absolute Gasteiger partial charge is 0.416 e. The lowest BCUT2D eigenvalue weighted by atomic mass is 9.82. The number of aliphatic carboxylic acids is 1. The fourth-order valence-corrected chi connectivity index (χ4v) is 5.31. The second-order valence-corrected chi connectivity index (χ2v) is 9.77. The van der Waals surface area contributed by atoms with Gasteiger partial charge in [-0.1, -0.05) is 23.7 Å². The largest absolute Gasteiger partial charge is 0.481 e. The zero-order valence-corrected chi connectivity index (χ0v) is 19.8. The number of alkyl halides is 3. The van der Waals surface area contributed by atoms with E-state index in [4.69, 9.17) is 16.7 Å². The summed E-state index contributed by atoms with van der Waals surface area (Å²) in [6, 6.07) is 9.14. The maximum atomic E-state index is 12.8. The minimum absolute atomic E-state index is 0.0587. The summed E-state index contributed by atoms with van der Waals surface area (Å²) < 4.78 is 38.3. The SMILES string of the molecule is O=C(Nc1ccc(-c2cnc(C3CCC(C(=O)O)CC3)s2)cc1)Nc1ccc(C(F)(F)F)cc1Cl. The molecule has 2 aromatic carbocycles. The summed E-state index contributed by atoms with van der Waals surface area (Å²) in [5.74, 6) is -0.725. The third-order valence-corrected chi connectivity index (χ3v) is 7.44. The first-order chi connectivity index (χ1) is 16.6.